The van der Waals surface area contributed by atoms with E-state index in [1.807, 2.05) is 13.8 Å². The van der Waals surface area contributed by atoms with Gasteiger partial charge in [0.25, 0.3) is 0 Å². The lowest BCUT2D eigenvalue weighted by Gasteiger charge is -2.14. The SMILES string of the molecule is CCC(F)(F)CCCCSCCC(CC(C)C)C(=O)O. The molecule has 0 aromatic heterocycles. The van der Waals surface area contributed by atoms with E-state index in [1.165, 1.54) is 6.92 Å². The molecule has 0 rings (SSSR count). The molecule has 1 N–H and O–H groups in total. The molecule has 0 spiro atoms. The van der Waals surface area contributed by atoms with Crippen molar-refractivity contribution in [1.82, 2.24) is 0 Å². The van der Waals surface area contributed by atoms with E-state index in [-0.39, 0.29) is 18.8 Å². The van der Waals surface area contributed by atoms with Crippen LogP contribution in [0.5, 0.6) is 0 Å². The molecule has 0 aromatic rings. The molecule has 0 heterocycles. The summed E-state index contributed by atoms with van der Waals surface area (Å²) in [5.41, 5.74) is 0. The molecule has 0 saturated carbocycles. The van der Waals surface area contributed by atoms with Gasteiger partial charge in [0, 0.05) is 12.8 Å². The third kappa shape index (κ3) is 10.5. The summed E-state index contributed by atoms with van der Waals surface area (Å²) >= 11 is 1.68. The first kappa shape index (κ1) is 19.7. The number of rotatable bonds is 12. The summed E-state index contributed by atoms with van der Waals surface area (Å²) in [6.45, 7) is 5.56. The van der Waals surface area contributed by atoms with Crippen LogP contribution in [0.4, 0.5) is 8.78 Å². The topological polar surface area (TPSA) is 37.3 Å². The van der Waals surface area contributed by atoms with Crippen LogP contribution in [-0.2, 0) is 4.79 Å². The van der Waals surface area contributed by atoms with E-state index in [1.54, 1.807) is 11.8 Å². The maximum atomic E-state index is 13.0. The molecule has 0 aromatic carbocycles. The third-order valence-corrected chi connectivity index (χ3v) is 4.42. The molecule has 0 bridgehead atoms. The number of carbonyl (C=O) groups is 1. The van der Waals surface area contributed by atoms with Gasteiger partial charge < -0.3 is 5.11 Å². The zero-order chi connectivity index (χ0) is 15.6. The molecule has 0 aliphatic rings. The highest BCUT2D eigenvalue weighted by Crippen LogP contribution is 2.25. The number of halogens is 2. The average molecular weight is 310 g/mol. The van der Waals surface area contributed by atoms with E-state index in [0.717, 1.165) is 17.9 Å². The van der Waals surface area contributed by atoms with Crippen molar-refractivity contribution in [3.63, 3.8) is 0 Å². The van der Waals surface area contributed by atoms with Gasteiger partial charge >= 0.3 is 5.97 Å². The number of aliphatic carboxylic acids is 1. The van der Waals surface area contributed by atoms with Gasteiger partial charge in [0.1, 0.15) is 0 Å². The van der Waals surface area contributed by atoms with Crippen LogP contribution in [0.25, 0.3) is 0 Å². The van der Waals surface area contributed by atoms with Crippen LogP contribution in [-0.4, -0.2) is 28.5 Å². The van der Waals surface area contributed by atoms with Gasteiger partial charge in [0.05, 0.1) is 5.92 Å². The molecule has 0 aliphatic heterocycles. The standard InChI is InChI=1S/C15H28F2O2S/c1-4-15(16,17)8-5-6-9-20-10-7-13(14(18)19)11-12(2)3/h12-13H,4-11H2,1-3H3,(H,18,19). The Kier molecular flexibility index (Phi) is 10.2. The average Bonchev–Trinajstić information content (AvgIpc) is 2.35. The largest absolute Gasteiger partial charge is 0.481 e. The molecule has 2 nitrogen and oxygen atoms in total. The third-order valence-electron chi connectivity index (χ3n) is 3.31. The van der Waals surface area contributed by atoms with Gasteiger partial charge in [0.15, 0.2) is 0 Å². The molecule has 5 heteroatoms. The lowest BCUT2D eigenvalue weighted by atomic mass is 9.95. The smallest absolute Gasteiger partial charge is 0.306 e. The maximum absolute atomic E-state index is 13.0. The monoisotopic (exact) mass is 310 g/mol. The summed E-state index contributed by atoms with van der Waals surface area (Å²) < 4.78 is 25.9. The van der Waals surface area contributed by atoms with Crippen molar-refractivity contribution in [2.45, 2.75) is 65.2 Å². The molecule has 0 saturated heterocycles. The van der Waals surface area contributed by atoms with Crippen molar-refractivity contribution >= 4 is 17.7 Å². The highest BCUT2D eigenvalue weighted by molar-refractivity contribution is 7.99. The van der Waals surface area contributed by atoms with Crippen LogP contribution in [0.2, 0.25) is 0 Å². The van der Waals surface area contributed by atoms with Crippen molar-refractivity contribution in [3.05, 3.63) is 0 Å². The number of thioether (sulfide) groups is 1. The van der Waals surface area contributed by atoms with Gasteiger partial charge in [-0.2, -0.15) is 11.8 Å². The Balaban J connectivity index is 3.62. The Morgan fingerprint density at radius 2 is 1.90 bits per heavy atom. The Morgan fingerprint density at radius 1 is 1.25 bits per heavy atom. The Morgan fingerprint density at radius 3 is 2.40 bits per heavy atom. The summed E-state index contributed by atoms with van der Waals surface area (Å²) in [6.07, 6.45) is 2.58. The molecule has 0 amide bonds. The first-order valence-electron chi connectivity index (χ1n) is 7.47. The van der Waals surface area contributed by atoms with Crippen molar-refractivity contribution in [3.8, 4) is 0 Å². The van der Waals surface area contributed by atoms with Gasteiger partial charge in [-0.25, -0.2) is 8.78 Å². The Hall–Kier alpha value is -0.320. The van der Waals surface area contributed by atoms with E-state index >= 15 is 0 Å². The van der Waals surface area contributed by atoms with Crippen molar-refractivity contribution < 1.29 is 18.7 Å². The molecule has 1 atom stereocenters. The number of hydrogen-bond acceptors (Lipinski definition) is 2. The maximum Gasteiger partial charge on any atom is 0.306 e. The highest BCUT2D eigenvalue weighted by atomic mass is 32.2. The second kappa shape index (κ2) is 10.4. The van der Waals surface area contributed by atoms with Gasteiger partial charge in [-0.3, -0.25) is 4.79 Å². The van der Waals surface area contributed by atoms with Crippen molar-refractivity contribution in [2.24, 2.45) is 11.8 Å². The predicted molar refractivity (Wildman–Crippen MR) is 81.6 cm³/mol. The van der Waals surface area contributed by atoms with E-state index in [9.17, 15) is 13.6 Å². The fourth-order valence-electron chi connectivity index (χ4n) is 2.00. The second-order valence-electron chi connectivity index (χ2n) is 5.73. The number of carboxylic acids is 1. The number of alkyl halides is 2. The summed E-state index contributed by atoms with van der Waals surface area (Å²) in [5.74, 6) is -1.48. The number of unbranched alkanes of at least 4 members (excludes halogenated alkanes) is 1. The molecule has 20 heavy (non-hydrogen) atoms. The molecule has 0 aliphatic carbocycles. The van der Waals surface area contributed by atoms with Crippen LogP contribution in [0, 0.1) is 11.8 Å². The van der Waals surface area contributed by atoms with Crippen LogP contribution in [0.1, 0.15) is 59.3 Å². The van der Waals surface area contributed by atoms with Crippen LogP contribution in [0.15, 0.2) is 0 Å². The van der Waals surface area contributed by atoms with Crippen LogP contribution >= 0.6 is 11.8 Å². The summed E-state index contributed by atoms with van der Waals surface area (Å²) in [7, 11) is 0. The van der Waals surface area contributed by atoms with Crippen LogP contribution < -0.4 is 0 Å². The van der Waals surface area contributed by atoms with Crippen LogP contribution in [0.3, 0.4) is 0 Å². The van der Waals surface area contributed by atoms with E-state index < -0.39 is 11.9 Å². The Bertz CT molecular complexity index is 271. The number of hydrogen-bond donors (Lipinski definition) is 1. The number of carboxylic acid groups (broad SMARTS) is 1. The summed E-state index contributed by atoms with van der Waals surface area (Å²) in [5, 5.41) is 9.09. The van der Waals surface area contributed by atoms with Crippen molar-refractivity contribution in [2.75, 3.05) is 11.5 Å². The molecule has 120 valence electrons. The molecular formula is C15H28F2O2S. The fraction of sp³-hybridized carbons (Fsp3) is 0.933. The normalized spacial score (nSPS) is 13.7. The van der Waals surface area contributed by atoms with E-state index in [0.29, 0.717) is 25.2 Å². The lowest BCUT2D eigenvalue weighted by Crippen LogP contribution is -2.17. The summed E-state index contributed by atoms with van der Waals surface area (Å²) in [4.78, 5) is 11.1. The first-order chi connectivity index (χ1) is 9.28. The fourth-order valence-corrected chi connectivity index (χ4v) is 3.07. The minimum atomic E-state index is -2.52. The summed E-state index contributed by atoms with van der Waals surface area (Å²) in [6, 6.07) is 0. The highest BCUT2D eigenvalue weighted by Gasteiger charge is 2.24. The first-order valence-corrected chi connectivity index (χ1v) is 8.62. The molecule has 1 unspecified atom stereocenters. The quantitative estimate of drug-likeness (QED) is 0.511. The second-order valence-corrected chi connectivity index (χ2v) is 6.96. The van der Waals surface area contributed by atoms with Gasteiger partial charge in [-0.1, -0.05) is 20.8 Å². The zero-order valence-corrected chi connectivity index (χ0v) is 13.6. The Labute approximate surface area is 125 Å². The minimum absolute atomic E-state index is 0.0326. The van der Waals surface area contributed by atoms with Gasteiger partial charge in [-0.05, 0) is 43.1 Å². The minimum Gasteiger partial charge on any atom is -0.481 e. The molecule has 0 fully saturated rings. The predicted octanol–water partition coefficient (Wildman–Crippen LogP) is 5.07. The van der Waals surface area contributed by atoms with Gasteiger partial charge in [-0.15, -0.1) is 0 Å². The zero-order valence-electron chi connectivity index (χ0n) is 12.8. The van der Waals surface area contributed by atoms with Crippen molar-refractivity contribution in [1.29, 1.82) is 0 Å². The van der Waals surface area contributed by atoms with Gasteiger partial charge in [0.2, 0.25) is 5.92 Å². The molecular weight excluding hydrogens is 282 g/mol. The van der Waals surface area contributed by atoms with E-state index in [2.05, 4.69) is 0 Å². The lowest BCUT2D eigenvalue weighted by molar-refractivity contribution is -0.142. The molecule has 0 radical (unpaired) electrons. The van der Waals surface area contributed by atoms with E-state index in [4.69, 9.17) is 5.11 Å².